The monoisotopic (exact) mass is 286 g/mol. The second kappa shape index (κ2) is 6.17. The number of hydrogen-bond acceptors (Lipinski definition) is 2. The van der Waals surface area contributed by atoms with Gasteiger partial charge in [-0.25, -0.2) is 4.79 Å². The van der Waals surface area contributed by atoms with E-state index in [1.165, 1.54) is 18.2 Å². The zero-order valence-corrected chi connectivity index (χ0v) is 11.2. The molecule has 20 heavy (non-hydrogen) atoms. The van der Waals surface area contributed by atoms with Crippen LogP contribution in [-0.2, 0) is 0 Å². The third-order valence-corrected chi connectivity index (χ3v) is 2.97. The van der Waals surface area contributed by atoms with Crippen LogP contribution in [0.4, 0.5) is 0 Å². The SMILES string of the molecule is O=C(O)c1ccc(C=CC(=O)c2ccc(Cl)cc2)cc1. The van der Waals surface area contributed by atoms with Crippen molar-refractivity contribution in [2.75, 3.05) is 0 Å². The number of carboxylic acid groups (broad SMARTS) is 1. The highest BCUT2D eigenvalue weighted by molar-refractivity contribution is 6.30. The van der Waals surface area contributed by atoms with E-state index in [-0.39, 0.29) is 11.3 Å². The summed E-state index contributed by atoms with van der Waals surface area (Å²) in [6, 6.07) is 12.9. The summed E-state index contributed by atoms with van der Waals surface area (Å²) in [5.74, 6) is -1.11. The minimum atomic E-state index is -0.974. The van der Waals surface area contributed by atoms with Gasteiger partial charge in [-0.15, -0.1) is 0 Å². The van der Waals surface area contributed by atoms with Gasteiger partial charge in [0.25, 0.3) is 0 Å². The molecule has 0 radical (unpaired) electrons. The lowest BCUT2D eigenvalue weighted by Crippen LogP contribution is -1.95. The van der Waals surface area contributed by atoms with E-state index < -0.39 is 5.97 Å². The van der Waals surface area contributed by atoms with Gasteiger partial charge >= 0.3 is 5.97 Å². The highest BCUT2D eigenvalue weighted by Crippen LogP contribution is 2.11. The lowest BCUT2D eigenvalue weighted by Gasteiger charge is -1.97. The molecule has 0 aliphatic carbocycles. The number of rotatable bonds is 4. The van der Waals surface area contributed by atoms with Crippen LogP contribution in [0.2, 0.25) is 5.02 Å². The molecule has 4 heteroatoms. The van der Waals surface area contributed by atoms with Crippen LogP contribution in [0.1, 0.15) is 26.3 Å². The van der Waals surface area contributed by atoms with E-state index in [1.807, 2.05) is 0 Å². The Morgan fingerprint density at radius 1 is 0.900 bits per heavy atom. The average Bonchev–Trinajstić information content (AvgIpc) is 2.46. The van der Waals surface area contributed by atoms with Gasteiger partial charge in [0.1, 0.15) is 0 Å². The fourth-order valence-electron chi connectivity index (χ4n) is 1.62. The molecule has 2 aromatic rings. The third kappa shape index (κ3) is 3.56. The Kier molecular flexibility index (Phi) is 4.33. The summed E-state index contributed by atoms with van der Waals surface area (Å²) in [5.41, 5.74) is 1.52. The number of allylic oxidation sites excluding steroid dienone is 1. The van der Waals surface area contributed by atoms with Gasteiger partial charge in [-0.05, 0) is 48.0 Å². The topological polar surface area (TPSA) is 54.4 Å². The lowest BCUT2D eigenvalue weighted by atomic mass is 10.1. The van der Waals surface area contributed by atoms with Crippen LogP contribution in [0, 0.1) is 0 Å². The Morgan fingerprint density at radius 2 is 1.45 bits per heavy atom. The van der Waals surface area contributed by atoms with E-state index in [2.05, 4.69) is 0 Å². The van der Waals surface area contributed by atoms with Gasteiger partial charge in [0, 0.05) is 10.6 Å². The zero-order chi connectivity index (χ0) is 14.5. The lowest BCUT2D eigenvalue weighted by molar-refractivity contribution is 0.0696. The van der Waals surface area contributed by atoms with Crippen molar-refractivity contribution >= 4 is 29.4 Å². The van der Waals surface area contributed by atoms with Crippen LogP contribution >= 0.6 is 11.6 Å². The zero-order valence-electron chi connectivity index (χ0n) is 10.4. The fourth-order valence-corrected chi connectivity index (χ4v) is 1.75. The van der Waals surface area contributed by atoms with Crippen molar-refractivity contribution in [3.63, 3.8) is 0 Å². The summed E-state index contributed by atoms with van der Waals surface area (Å²) in [4.78, 5) is 22.6. The van der Waals surface area contributed by atoms with Crippen molar-refractivity contribution in [2.24, 2.45) is 0 Å². The molecule has 0 bridgehead atoms. The summed E-state index contributed by atoms with van der Waals surface area (Å²) < 4.78 is 0. The van der Waals surface area contributed by atoms with Crippen LogP contribution in [0.25, 0.3) is 6.08 Å². The van der Waals surface area contributed by atoms with Gasteiger partial charge in [0.2, 0.25) is 0 Å². The first-order chi connectivity index (χ1) is 9.56. The molecule has 0 fully saturated rings. The Morgan fingerprint density at radius 3 is 2.00 bits per heavy atom. The molecule has 100 valence electrons. The summed E-state index contributed by atoms with van der Waals surface area (Å²) in [6.07, 6.45) is 3.08. The van der Waals surface area contributed by atoms with E-state index in [0.717, 1.165) is 5.56 Å². The first kappa shape index (κ1) is 14.0. The van der Waals surface area contributed by atoms with E-state index >= 15 is 0 Å². The van der Waals surface area contributed by atoms with Crippen LogP contribution in [0.15, 0.2) is 54.6 Å². The highest BCUT2D eigenvalue weighted by atomic mass is 35.5. The number of carboxylic acids is 1. The summed E-state index contributed by atoms with van der Waals surface area (Å²) in [6.45, 7) is 0. The van der Waals surface area contributed by atoms with Crippen LogP contribution in [0.5, 0.6) is 0 Å². The Hall–Kier alpha value is -2.39. The second-order valence-corrected chi connectivity index (χ2v) is 4.57. The molecular weight excluding hydrogens is 276 g/mol. The quantitative estimate of drug-likeness (QED) is 0.684. The molecule has 0 saturated heterocycles. The number of benzene rings is 2. The maximum atomic E-state index is 11.9. The number of carbonyl (C=O) groups is 2. The molecule has 0 saturated carbocycles. The van der Waals surface area contributed by atoms with Crippen molar-refractivity contribution in [3.8, 4) is 0 Å². The molecule has 0 unspecified atom stereocenters. The van der Waals surface area contributed by atoms with E-state index in [0.29, 0.717) is 10.6 Å². The molecule has 0 aromatic heterocycles. The van der Waals surface area contributed by atoms with Crippen molar-refractivity contribution in [2.45, 2.75) is 0 Å². The fraction of sp³-hybridized carbons (Fsp3) is 0. The molecule has 0 amide bonds. The number of aromatic carboxylic acids is 1. The van der Waals surface area contributed by atoms with E-state index in [9.17, 15) is 9.59 Å². The van der Waals surface area contributed by atoms with Crippen LogP contribution < -0.4 is 0 Å². The standard InChI is InChI=1S/C16H11ClO3/c17-14-8-6-12(7-9-14)15(18)10-3-11-1-4-13(5-2-11)16(19)20/h1-10H,(H,19,20). The first-order valence-electron chi connectivity index (χ1n) is 5.87. The molecule has 0 atom stereocenters. The van der Waals surface area contributed by atoms with Crippen LogP contribution in [0.3, 0.4) is 0 Å². The number of carbonyl (C=O) groups excluding carboxylic acids is 1. The molecule has 1 N–H and O–H groups in total. The Labute approximate surface area is 121 Å². The maximum absolute atomic E-state index is 11.9. The molecule has 2 rings (SSSR count). The number of halogens is 1. The van der Waals surface area contributed by atoms with E-state index in [4.69, 9.17) is 16.7 Å². The molecule has 0 aliphatic rings. The maximum Gasteiger partial charge on any atom is 0.335 e. The van der Waals surface area contributed by atoms with Crippen molar-refractivity contribution in [3.05, 3.63) is 76.3 Å². The first-order valence-corrected chi connectivity index (χ1v) is 6.25. The molecule has 0 aliphatic heterocycles. The van der Waals surface area contributed by atoms with Gasteiger partial charge < -0.3 is 5.11 Å². The summed E-state index contributed by atoms with van der Waals surface area (Å²) >= 11 is 5.75. The number of hydrogen-bond donors (Lipinski definition) is 1. The van der Waals surface area contributed by atoms with Crippen molar-refractivity contribution in [1.29, 1.82) is 0 Å². The Bertz CT molecular complexity index is 655. The third-order valence-electron chi connectivity index (χ3n) is 2.71. The van der Waals surface area contributed by atoms with Gasteiger partial charge in [-0.3, -0.25) is 4.79 Å². The largest absolute Gasteiger partial charge is 0.478 e. The van der Waals surface area contributed by atoms with Crippen molar-refractivity contribution in [1.82, 2.24) is 0 Å². The van der Waals surface area contributed by atoms with Crippen LogP contribution in [-0.4, -0.2) is 16.9 Å². The molecule has 3 nitrogen and oxygen atoms in total. The van der Waals surface area contributed by atoms with E-state index in [1.54, 1.807) is 42.5 Å². The highest BCUT2D eigenvalue weighted by Gasteiger charge is 2.02. The normalized spacial score (nSPS) is 10.7. The minimum Gasteiger partial charge on any atom is -0.478 e. The van der Waals surface area contributed by atoms with Gasteiger partial charge in [-0.2, -0.15) is 0 Å². The Balaban J connectivity index is 2.10. The molecule has 0 heterocycles. The van der Waals surface area contributed by atoms with Gasteiger partial charge in [0.15, 0.2) is 5.78 Å². The van der Waals surface area contributed by atoms with Crippen molar-refractivity contribution < 1.29 is 14.7 Å². The molecular formula is C16H11ClO3. The second-order valence-electron chi connectivity index (χ2n) is 4.13. The van der Waals surface area contributed by atoms with Gasteiger partial charge in [0.05, 0.1) is 5.56 Å². The number of ketones is 1. The molecule has 0 spiro atoms. The molecule has 2 aromatic carbocycles. The summed E-state index contributed by atoms with van der Waals surface area (Å²) in [7, 11) is 0. The van der Waals surface area contributed by atoms with Gasteiger partial charge in [-0.1, -0.05) is 29.8 Å². The predicted molar refractivity (Wildman–Crippen MR) is 78.2 cm³/mol. The minimum absolute atomic E-state index is 0.135. The average molecular weight is 287 g/mol. The summed E-state index contributed by atoms with van der Waals surface area (Å²) in [5, 5.41) is 9.36. The smallest absolute Gasteiger partial charge is 0.335 e. The predicted octanol–water partition coefficient (Wildman–Crippen LogP) is 3.93.